The van der Waals surface area contributed by atoms with Crippen molar-refractivity contribution in [1.82, 2.24) is 0 Å². The Bertz CT molecular complexity index is 318. The summed E-state index contributed by atoms with van der Waals surface area (Å²) < 4.78 is 0. The molecule has 0 aliphatic rings. The SMILES string of the molecule is CCCc1ccc(N)c(C(C)=O)c1. The predicted molar refractivity (Wildman–Crippen MR) is 54.9 cm³/mol. The van der Waals surface area contributed by atoms with Gasteiger partial charge in [-0.2, -0.15) is 0 Å². The van der Waals surface area contributed by atoms with E-state index in [2.05, 4.69) is 6.92 Å². The van der Waals surface area contributed by atoms with E-state index in [9.17, 15) is 4.79 Å². The van der Waals surface area contributed by atoms with Crippen molar-refractivity contribution < 1.29 is 4.79 Å². The molecule has 70 valence electrons. The van der Waals surface area contributed by atoms with E-state index in [0.717, 1.165) is 12.8 Å². The number of rotatable bonds is 3. The maximum absolute atomic E-state index is 11.1. The molecule has 0 fully saturated rings. The van der Waals surface area contributed by atoms with Crippen LogP contribution in [0, 0.1) is 0 Å². The van der Waals surface area contributed by atoms with Crippen LogP contribution in [0.4, 0.5) is 5.69 Å². The van der Waals surface area contributed by atoms with E-state index in [0.29, 0.717) is 11.3 Å². The summed E-state index contributed by atoms with van der Waals surface area (Å²) in [4.78, 5) is 11.1. The largest absolute Gasteiger partial charge is 0.398 e. The Balaban J connectivity index is 3.04. The summed E-state index contributed by atoms with van der Waals surface area (Å²) in [6.45, 7) is 3.66. The average Bonchev–Trinajstić information content (AvgIpc) is 2.08. The molecule has 0 aliphatic heterocycles. The number of nitrogens with two attached hydrogens (primary N) is 1. The second-order valence-electron chi connectivity index (χ2n) is 3.23. The lowest BCUT2D eigenvalue weighted by molar-refractivity contribution is 0.101. The zero-order valence-corrected chi connectivity index (χ0v) is 8.13. The van der Waals surface area contributed by atoms with Gasteiger partial charge in [0.1, 0.15) is 0 Å². The molecule has 0 heterocycles. The van der Waals surface area contributed by atoms with Crippen molar-refractivity contribution in [1.29, 1.82) is 0 Å². The van der Waals surface area contributed by atoms with Crippen LogP contribution in [0.15, 0.2) is 18.2 Å². The summed E-state index contributed by atoms with van der Waals surface area (Å²) in [6.07, 6.45) is 2.09. The summed E-state index contributed by atoms with van der Waals surface area (Å²) in [5, 5.41) is 0. The molecule has 1 aromatic rings. The highest BCUT2D eigenvalue weighted by Gasteiger charge is 2.04. The summed E-state index contributed by atoms with van der Waals surface area (Å²) >= 11 is 0. The Labute approximate surface area is 78.8 Å². The van der Waals surface area contributed by atoms with Crippen molar-refractivity contribution in [3.63, 3.8) is 0 Å². The third-order valence-corrected chi connectivity index (χ3v) is 2.04. The molecule has 0 radical (unpaired) electrons. The smallest absolute Gasteiger partial charge is 0.161 e. The lowest BCUT2D eigenvalue weighted by atomic mass is 10.0. The van der Waals surface area contributed by atoms with Gasteiger partial charge in [0.25, 0.3) is 0 Å². The molecule has 2 heteroatoms. The fraction of sp³-hybridized carbons (Fsp3) is 0.364. The van der Waals surface area contributed by atoms with Crippen molar-refractivity contribution >= 4 is 11.5 Å². The van der Waals surface area contributed by atoms with Gasteiger partial charge in [0.2, 0.25) is 0 Å². The number of hydrogen-bond donors (Lipinski definition) is 1. The normalized spacial score (nSPS) is 10.0. The quantitative estimate of drug-likeness (QED) is 0.569. The van der Waals surface area contributed by atoms with E-state index in [1.165, 1.54) is 5.56 Å². The Morgan fingerprint density at radius 2 is 2.15 bits per heavy atom. The number of hydrogen-bond acceptors (Lipinski definition) is 2. The van der Waals surface area contributed by atoms with Crippen LogP contribution in [-0.2, 0) is 6.42 Å². The molecule has 0 amide bonds. The van der Waals surface area contributed by atoms with Crippen LogP contribution in [0.5, 0.6) is 0 Å². The number of Topliss-reactive ketones (excluding diaryl/α,β-unsaturated/α-hetero) is 1. The number of carbonyl (C=O) groups excluding carboxylic acids is 1. The van der Waals surface area contributed by atoms with Gasteiger partial charge in [-0.25, -0.2) is 0 Å². The second kappa shape index (κ2) is 4.08. The molecule has 0 bridgehead atoms. The first-order valence-corrected chi connectivity index (χ1v) is 4.54. The van der Waals surface area contributed by atoms with E-state index in [1.807, 2.05) is 18.2 Å². The highest BCUT2D eigenvalue weighted by atomic mass is 16.1. The molecule has 13 heavy (non-hydrogen) atoms. The summed E-state index contributed by atoms with van der Waals surface area (Å²) in [5.74, 6) is 0.0375. The summed E-state index contributed by atoms with van der Waals surface area (Å²) in [7, 11) is 0. The van der Waals surface area contributed by atoms with Crippen molar-refractivity contribution in [3.05, 3.63) is 29.3 Å². The van der Waals surface area contributed by atoms with Gasteiger partial charge in [-0.1, -0.05) is 19.4 Å². The first-order chi connectivity index (χ1) is 6.15. The fourth-order valence-corrected chi connectivity index (χ4v) is 1.35. The minimum absolute atomic E-state index is 0.0375. The topological polar surface area (TPSA) is 43.1 Å². The molecule has 2 N–H and O–H groups in total. The van der Waals surface area contributed by atoms with Crippen molar-refractivity contribution in [2.75, 3.05) is 5.73 Å². The molecule has 0 aliphatic carbocycles. The Morgan fingerprint density at radius 1 is 1.46 bits per heavy atom. The van der Waals surface area contributed by atoms with Crippen LogP contribution in [0.2, 0.25) is 0 Å². The molecular weight excluding hydrogens is 162 g/mol. The minimum Gasteiger partial charge on any atom is -0.398 e. The van der Waals surface area contributed by atoms with Gasteiger partial charge < -0.3 is 5.73 Å². The number of aryl methyl sites for hydroxylation is 1. The Hall–Kier alpha value is -1.31. The van der Waals surface area contributed by atoms with E-state index in [1.54, 1.807) is 6.92 Å². The predicted octanol–water partition coefficient (Wildman–Crippen LogP) is 2.42. The number of benzene rings is 1. The van der Waals surface area contributed by atoms with Gasteiger partial charge in [0.15, 0.2) is 5.78 Å². The minimum atomic E-state index is 0.0375. The second-order valence-corrected chi connectivity index (χ2v) is 3.23. The zero-order chi connectivity index (χ0) is 9.84. The molecule has 1 aromatic carbocycles. The van der Waals surface area contributed by atoms with Crippen molar-refractivity contribution in [2.45, 2.75) is 26.7 Å². The molecule has 0 atom stereocenters. The third kappa shape index (κ3) is 2.31. The van der Waals surface area contributed by atoms with Crippen LogP contribution < -0.4 is 5.73 Å². The molecule has 2 nitrogen and oxygen atoms in total. The van der Waals surface area contributed by atoms with Gasteiger partial charge >= 0.3 is 0 Å². The van der Waals surface area contributed by atoms with Crippen LogP contribution in [-0.4, -0.2) is 5.78 Å². The van der Waals surface area contributed by atoms with Crippen LogP contribution in [0.1, 0.15) is 36.2 Å². The van der Waals surface area contributed by atoms with Gasteiger partial charge in [0, 0.05) is 11.3 Å². The van der Waals surface area contributed by atoms with Crippen molar-refractivity contribution in [3.8, 4) is 0 Å². The monoisotopic (exact) mass is 177 g/mol. The first-order valence-electron chi connectivity index (χ1n) is 4.54. The lowest BCUT2D eigenvalue weighted by Crippen LogP contribution is -2.00. The van der Waals surface area contributed by atoms with Crippen molar-refractivity contribution in [2.24, 2.45) is 0 Å². The molecule has 1 rings (SSSR count). The fourth-order valence-electron chi connectivity index (χ4n) is 1.35. The van der Waals surface area contributed by atoms with Gasteiger partial charge in [-0.15, -0.1) is 0 Å². The third-order valence-electron chi connectivity index (χ3n) is 2.04. The van der Waals surface area contributed by atoms with Gasteiger partial charge in [-0.05, 0) is 31.0 Å². The maximum atomic E-state index is 11.1. The Morgan fingerprint density at radius 3 is 2.69 bits per heavy atom. The highest BCUT2D eigenvalue weighted by Crippen LogP contribution is 2.15. The summed E-state index contributed by atoms with van der Waals surface area (Å²) in [5.41, 5.74) is 8.07. The number of ketones is 1. The molecule has 0 spiro atoms. The molecule has 0 saturated carbocycles. The average molecular weight is 177 g/mol. The molecule has 0 unspecified atom stereocenters. The van der Waals surface area contributed by atoms with Crippen LogP contribution in [0.25, 0.3) is 0 Å². The lowest BCUT2D eigenvalue weighted by Gasteiger charge is -2.04. The zero-order valence-electron chi connectivity index (χ0n) is 8.13. The molecular formula is C11H15NO. The van der Waals surface area contributed by atoms with E-state index < -0.39 is 0 Å². The van der Waals surface area contributed by atoms with Gasteiger partial charge in [0.05, 0.1) is 0 Å². The van der Waals surface area contributed by atoms with Gasteiger partial charge in [-0.3, -0.25) is 4.79 Å². The first kappa shape index (κ1) is 9.78. The van der Waals surface area contributed by atoms with E-state index in [4.69, 9.17) is 5.73 Å². The molecule has 0 saturated heterocycles. The van der Waals surface area contributed by atoms with E-state index >= 15 is 0 Å². The Kier molecular flexibility index (Phi) is 3.07. The number of nitrogen functional groups attached to an aromatic ring is 1. The standard InChI is InChI=1S/C11H15NO/c1-3-4-9-5-6-11(12)10(7-9)8(2)13/h5-7H,3-4,12H2,1-2H3. The summed E-state index contributed by atoms with van der Waals surface area (Å²) in [6, 6.07) is 5.67. The number of carbonyl (C=O) groups is 1. The van der Waals surface area contributed by atoms with Crippen LogP contribution in [0.3, 0.4) is 0 Å². The molecule has 0 aromatic heterocycles. The highest BCUT2D eigenvalue weighted by molar-refractivity contribution is 5.99. The van der Waals surface area contributed by atoms with Crippen LogP contribution >= 0.6 is 0 Å². The number of anilines is 1. The van der Waals surface area contributed by atoms with E-state index in [-0.39, 0.29) is 5.78 Å². The maximum Gasteiger partial charge on any atom is 0.161 e.